The molecule has 0 aliphatic rings. The summed E-state index contributed by atoms with van der Waals surface area (Å²) >= 11 is 0. The van der Waals surface area contributed by atoms with Gasteiger partial charge in [-0.25, -0.2) is 9.78 Å². The van der Waals surface area contributed by atoms with Gasteiger partial charge in [0.15, 0.2) is 0 Å². The van der Waals surface area contributed by atoms with Gasteiger partial charge in [-0.3, -0.25) is 9.20 Å². The zero-order valence-electron chi connectivity index (χ0n) is 11.0. The first-order valence-electron chi connectivity index (χ1n) is 6.01. The summed E-state index contributed by atoms with van der Waals surface area (Å²) in [6.45, 7) is 1.77. The minimum atomic E-state index is -1.20. The van der Waals surface area contributed by atoms with Crippen LogP contribution in [0.1, 0.15) is 35.3 Å². The van der Waals surface area contributed by atoms with E-state index in [-0.39, 0.29) is 11.6 Å². The van der Waals surface area contributed by atoms with E-state index >= 15 is 0 Å². The normalized spacial score (nSPS) is 12.3. The Kier molecular flexibility index (Phi) is 3.60. The number of aliphatic carboxylic acids is 1. The number of pyridine rings is 1. The van der Waals surface area contributed by atoms with Crippen molar-refractivity contribution in [3.8, 4) is 5.88 Å². The number of aromatic nitrogens is 2. The van der Waals surface area contributed by atoms with E-state index in [0.29, 0.717) is 17.6 Å². The van der Waals surface area contributed by atoms with E-state index in [1.165, 1.54) is 11.5 Å². The monoisotopic (exact) mass is 278 g/mol. The van der Waals surface area contributed by atoms with Crippen molar-refractivity contribution in [2.75, 3.05) is 7.11 Å². The summed E-state index contributed by atoms with van der Waals surface area (Å²) in [4.78, 5) is 26.2. The predicted molar refractivity (Wildman–Crippen MR) is 69.4 cm³/mol. The molecule has 7 heteroatoms. The van der Waals surface area contributed by atoms with Gasteiger partial charge < -0.3 is 14.9 Å². The van der Waals surface area contributed by atoms with E-state index in [1.54, 1.807) is 25.3 Å². The molecule has 2 rings (SSSR count). The Hall–Kier alpha value is -2.57. The maximum atomic E-state index is 11.2. The maximum absolute atomic E-state index is 11.2. The van der Waals surface area contributed by atoms with Crippen molar-refractivity contribution in [2.45, 2.75) is 19.3 Å². The van der Waals surface area contributed by atoms with Gasteiger partial charge in [0, 0.05) is 6.20 Å². The summed E-state index contributed by atoms with van der Waals surface area (Å²) in [6, 6.07) is 3.21. The first-order chi connectivity index (χ1) is 9.49. The molecule has 0 aliphatic heterocycles. The fourth-order valence-electron chi connectivity index (χ4n) is 2.13. The van der Waals surface area contributed by atoms with Crippen LogP contribution in [0.15, 0.2) is 18.3 Å². The Bertz CT molecular complexity index is 677. The van der Waals surface area contributed by atoms with Gasteiger partial charge in [0.1, 0.15) is 5.65 Å². The number of aromatic carboxylic acids is 1. The smallest absolute Gasteiger partial charge is 0.360 e. The average molecular weight is 278 g/mol. The number of nitrogens with zero attached hydrogens (tertiary/aromatic N) is 2. The van der Waals surface area contributed by atoms with Crippen LogP contribution in [0, 0.1) is 0 Å². The van der Waals surface area contributed by atoms with Crippen LogP contribution in [0.5, 0.6) is 5.88 Å². The highest BCUT2D eigenvalue weighted by molar-refractivity contribution is 5.89. The second kappa shape index (κ2) is 5.20. The molecule has 0 aliphatic carbocycles. The molecule has 0 spiro atoms. The number of imidazole rings is 1. The Morgan fingerprint density at radius 2 is 2.10 bits per heavy atom. The highest BCUT2D eigenvalue weighted by Gasteiger charge is 2.22. The summed E-state index contributed by atoms with van der Waals surface area (Å²) in [7, 11) is 1.34. The molecule has 7 nitrogen and oxygen atoms in total. The zero-order valence-corrected chi connectivity index (χ0v) is 11.0. The van der Waals surface area contributed by atoms with Crippen molar-refractivity contribution < 1.29 is 24.5 Å². The lowest BCUT2D eigenvalue weighted by molar-refractivity contribution is -0.138. The Morgan fingerprint density at radius 1 is 1.40 bits per heavy atom. The molecule has 2 aromatic rings. The summed E-state index contributed by atoms with van der Waals surface area (Å²) in [5.41, 5.74) is 0.761. The van der Waals surface area contributed by atoms with Crippen LogP contribution in [-0.2, 0) is 4.79 Å². The second-order valence-electron chi connectivity index (χ2n) is 4.26. The number of methoxy groups -OCH3 is 1. The lowest BCUT2D eigenvalue weighted by Gasteiger charge is -2.11. The molecule has 20 heavy (non-hydrogen) atoms. The molecule has 0 saturated heterocycles. The van der Waals surface area contributed by atoms with Crippen molar-refractivity contribution >= 4 is 17.6 Å². The molecular formula is C13H14N2O5. The molecule has 0 saturated carbocycles. The second-order valence-corrected chi connectivity index (χ2v) is 4.26. The van der Waals surface area contributed by atoms with Crippen molar-refractivity contribution in [1.82, 2.24) is 9.38 Å². The standard InChI is InChI=1S/C13H14N2O5/c1-3-8(12(16)17)7-4-5-9-14-10(13(18)19)11(20-2)15(9)6-7/h4-6,8H,3H2,1-2H3,(H,16,17)(H,18,19). The highest BCUT2D eigenvalue weighted by Crippen LogP contribution is 2.25. The third-order valence-electron chi connectivity index (χ3n) is 3.10. The number of carboxylic acids is 2. The number of ether oxygens (including phenoxy) is 1. The number of carbonyl (C=O) groups is 2. The molecule has 2 N–H and O–H groups in total. The zero-order chi connectivity index (χ0) is 14.9. The first-order valence-corrected chi connectivity index (χ1v) is 6.01. The molecule has 1 atom stereocenters. The first kappa shape index (κ1) is 13.9. The van der Waals surface area contributed by atoms with Gasteiger partial charge in [-0.15, -0.1) is 0 Å². The molecular weight excluding hydrogens is 264 g/mol. The van der Waals surface area contributed by atoms with Crippen LogP contribution in [-0.4, -0.2) is 38.6 Å². The Labute approximate surface area is 114 Å². The Balaban J connectivity index is 2.63. The molecule has 2 aromatic heterocycles. The van der Waals surface area contributed by atoms with Crippen molar-refractivity contribution in [3.05, 3.63) is 29.6 Å². The van der Waals surface area contributed by atoms with Gasteiger partial charge in [0.2, 0.25) is 11.6 Å². The molecule has 106 valence electrons. The number of fused-ring (bicyclic) bond motifs is 1. The van der Waals surface area contributed by atoms with Gasteiger partial charge in [-0.1, -0.05) is 13.0 Å². The van der Waals surface area contributed by atoms with E-state index in [4.69, 9.17) is 14.9 Å². The van der Waals surface area contributed by atoms with Crippen LogP contribution in [0.25, 0.3) is 5.65 Å². The third-order valence-corrected chi connectivity index (χ3v) is 3.10. The summed E-state index contributed by atoms with van der Waals surface area (Å²) < 4.78 is 6.51. The molecule has 1 unspecified atom stereocenters. The minimum Gasteiger partial charge on any atom is -0.481 e. The average Bonchev–Trinajstić information content (AvgIpc) is 2.77. The molecule has 0 radical (unpaired) electrons. The van der Waals surface area contributed by atoms with Crippen molar-refractivity contribution in [1.29, 1.82) is 0 Å². The predicted octanol–water partition coefficient (Wildman–Crippen LogP) is 1.62. The van der Waals surface area contributed by atoms with Gasteiger partial charge >= 0.3 is 11.9 Å². The maximum Gasteiger partial charge on any atom is 0.360 e. The number of carboxylic acid groups (broad SMARTS) is 2. The number of hydrogen-bond donors (Lipinski definition) is 2. The van der Waals surface area contributed by atoms with Crippen LogP contribution in [0.3, 0.4) is 0 Å². The Morgan fingerprint density at radius 3 is 2.60 bits per heavy atom. The SMILES string of the molecule is CCC(C(=O)O)c1ccc2nc(C(=O)O)c(OC)n2c1. The quantitative estimate of drug-likeness (QED) is 0.861. The van der Waals surface area contributed by atoms with E-state index in [2.05, 4.69) is 4.98 Å². The van der Waals surface area contributed by atoms with Crippen LogP contribution in [0.2, 0.25) is 0 Å². The highest BCUT2D eigenvalue weighted by atomic mass is 16.5. The number of rotatable bonds is 5. The minimum absolute atomic E-state index is 0.0783. The largest absolute Gasteiger partial charge is 0.481 e. The third kappa shape index (κ3) is 2.18. The van der Waals surface area contributed by atoms with E-state index < -0.39 is 17.9 Å². The van der Waals surface area contributed by atoms with Gasteiger partial charge in [-0.05, 0) is 18.1 Å². The molecule has 0 bridgehead atoms. The van der Waals surface area contributed by atoms with Crippen molar-refractivity contribution in [3.63, 3.8) is 0 Å². The van der Waals surface area contributed by atoms with Crippen LogP contribution in [0.4, 0.5) is 0 Å². The number of hydrogen-bond acceptors (Lipinski definition) is 4. The molecule has 2 heterocycles. The molecule has 0 amide bonds. The topological polar surface area (TPSA) is 101 Å². The fourth-order valence-corrected chi connectivity index (χ4v) is 2.13. The van der Waals surface area contributed by atoms with E-state index in [9.17, 15) is 9.59 Å². The molecule has 0 aromatic carbocycles. The summed E-state index contributed by atoms with van der Waals surface area (Å²) in [6.07, 6.45) is 1.99. The van der Waals surface area contributed by atoms with E-state index in [0.717, 1.165) is 0 Å². The van der Waals surface area contributed by atoms with Gasteiger partial charge in [0.05, 0.1) is 13.0 Å². The van der Waals surface area contributed by atoms with Gasteiger partial charge in [-0.2, -0.15) is 0 Å². The van der Waals surface area contributed by atoms with E-state index in [1.807, 2.05) is 0 Å². The van der Waals surface area contributed by atoms with Crippen molar-refractivity contribution in [2.24, 2.45) is 0 Å². The fraction of sp³-hybridized carbons (Fsp3) is 0.308. The van der Waals surface area contributed by atoms with Crippen LogP contribution < -0.4 is 4.74 Å². The summed E-state index contributed by atoms with van der Waals surface area (Å²) in [5, 5.41) is 18.2. The van der Waals surface area contributed by atoms with Gasteiger partial charge in [0.25, 0.3) is 0 Å². The van der Waals surface area contributed by atoms with Crippen LogP contribution >= 0.6 is 0 Å². The lowest BCUT2D eigenvalue weighted by Crippen LogP contribution is -2.11. The summed E-state index contributed by atoms with van der Waals surface area (Å²) in [5.74, 6) is -2.70. The lowest BCUT2D eigenvalue weighted by atomic mass is 9.98. The molecule has 0 fully saturated rings.